The Bertz CT molecular complexity index is 972. The summed E-state index contributed by atoms with van der Waals surface area (Å²) in [6.45, 7) is 3.98. The van der Waals surface area contributed by atoms with E-state index in [0.717, 1.165) is 5.69 Å². The van der Waals surface area contributed by atoms with Crippen molar-refractivity contribution in [2.75, 3.05) is 30.0 Å². The zero-order chi connectivity index (χ0) is 23.1. The van der Waals surface area contributed by atoms with Crippen molar-refractivity contribution in [3.63, 3.8) is 0 Å². The van der Waals surface area contributed by atoms with Crippen LogP contribution < -0.4 is 10.2 Å². The minimum Gasteiger partial charge on any atom is -0.462 e. The van der Waals surface area contributed by atoms with E-state index >= 15 is 0 Å². The van der Waals surface area contributed by atoms with Crippen LogP contribution >= 0.6 is 0 Å². The molecule has 0 unspecified atom stereocenters. The summed E-state index contributed by atoms with van der Waals surface area (Å²) in [6.07, 6.45) is 0.0454. The molecule has 8 heteroatoms. The smallest absolute Gasteiger partial charge is 0.338 e. The second kappa shape index (κ2) is 10.6. The third kappa shape index (κ3) is 6.16. The monoisotopic (exact) mass is 438 g/mol. The van der Waals surface area contributed by atoms with Crippen LogP contribution in [0.25, 0.3) is 0 Å². The number of esters is 2. The van der Waals surface area contributed by atoms with E-state index in [1.54, 1.807) is 41.3 Å². The molecule has 3 rings (SSSR count). The number of hydrogen-bond donors (Lipinski definition) is 1. The topological polar surface area (TPSA) is 102 Å². The van der Waals surface area contributed by atoms with Crippen molar-refractivity contribution in [3.05, 3.63) is 60.2 Å². The average Bonchev–Trinajstić information content (AvgIpc) is 3.18. The Kier molecular flexibility index (Phi) is 7.59. The lowest BCUT2D eigenvalue weighted by atomic mass is 10.1. The summed E-state index contributed by atoms with van der Waals surface area (Å²) < 4.78 is 10.3. The number of amides is 2. The first kappa shape index (κ1) is 23.0. The standard InChI is InChI=1S/C24H26N2O6/c1-16(2)14-31-23(29)17-8-10-19(11-9-17)25-21(27)15-32-24(30)18-12-22(28)26(13-18)20-6-4-3-5-7-20/h3-11,16,18H,12-15H2,1-2H3,(H,25,27)/t18-/m1/s1. The molecule has 168 valence electrons. The Labute approximate surface area is 186 Å². The van der Waals surface area contributed by atoms with Gasteiger partial charge in [0.2, 0.25) is 5.91 Å². The fraction of sp³-hybridized carbons (Fsp3) is 0.333. The number of nitrogens with one attached hydrogen (secondary N) is 1. The van der Waals surface area contributed by atoms with Crippen LogP contribution in [0.1, 0.15) is 30.6 Å². The number of hydrogen-bond acceptors (Lipinski definition) is 6. The summed E-state index contributed by atoms with van der Waals surface area (Å²) in [5, 5.41) is 2.60. The van der Waals surface area contributed by atoms with Crippen LogP contribution in [-0.2, 0) is 23.9 Å². The predicted octanol–water partition coefficient (Wildman–Crippen LogP) is 3.03. The highest BCUT2D eigenvalue weighted by Crippen LogP contribution is 2.25. The number of nitrogens with zero attached hydrogens (tertiary/aromatic N) is 1. The van der Waals surface area contributed by atoms with Gasteiger partial charge < -0.3 is 19.7 Å². The molecule has 2 aromatic rings. The van der Waals surface area contributed by atoms with Crippen molar-refractivity contribution in [2.24, 2.45) is 11.8 Å². The van der Waals surface area contributed by atoms with Crippen LogP contribution in [0, 0.1) is 11.8 Å². The second-order valence-corrected chi connectivity index (χ2v) is 7.97. The van der Waals surface area contributed by atoms with Crippen molar-refractivity contribution in [2.45, 2.75) is 20.3 Å². The first-order valence-electron chi connectivity index (χ1n) is 10.4. The molecule has 1 N–H and O–H groups in total. The molecular formula is C24H26N2O6. The van der Waals surface area contributed by atoms with E-state index in [1.165, 1.54) is 0 Å². The predicted molar refractivity (Wildman–Crippen MR) is 118 cm³/mol. The maximum absolute atomic E-state index is 12.3. The molecule has 8 nitrogen and oxygen atoms in total. The number of carbonyl (C=O) groups is 4. The molecule has 1 aliphatic heterocycles. The summed E-state index contributed by atoms with van der Waals surface area (Å²) in [6, 6.07) is 15.3. The summed E-state index contributed by atoms with van der Waals surface area (Å²) in [4.78, 5) is 50.1. The zero-order valence-corrected chi connectivity index (χ0v) is 18.1. The SMILES string of the molecule is CC(C)COC(=O)c1ccc(NC(=O)COC(=O)[C@@H]2CC(=O)N(c3ccccc3)C2)cc1. The molecule has 0 aliphatic carbocycles. The molecule has 0 saturated carbocycles. The van der Waals surface area contributed by atoms with Gasteiger partial charge in [-0.15, -0.1) is 0 Å². The highest BCUT2D eigenvalue weighted by atomic mass is 16.5. The van der Waals surface area contributed by atoms with Gasteiger partial charge in [-0.3, -0.25) is 14.4 Å². The van der Waals surface area contributed by atoms with E-state index in [9.17, 15) is 19.2 Å². The molecule has 1 heterocycles. The number of para-hydroxylation sites is 1. The van der Waals surface area contributed by atoms with Gasteiger partial charge in [-0.1, -0.05) is 32.0 Å². The third-order valence-corrected chi connectivity index (χ3v) is 4.82. The Hall–Kier alpha value is -3.68. The first-order chi connectivity index (χ1) is 15.3. The van der Waals surface area contributed by atoms with Gasteiger partial charge in [0.25, 0.3) is 5.91 Å². The Balaban J connectivity index is 1.45. The van der Waals surface area contributed by atoms with Gasteiger partial charge in [-0.2, -0.15) is 0 Å². The highest BCUT2D eigenvalue weighted by molar-refractivity contribution is 6.00. The molecular weight excluding hydrogens is 412 g/mol. The Morgan fingerprint density at radius 1 is 1.03 bits per heavy atom. The summed E-state index contributed by atoms with van der Waals surface area (Å²) >= 11 is 0. The minimum atomic E-state index is -0.619. The number of rotatable bonds is 8. The molecule has 1 saturated heterocycles. The lowest BCUT2D eigenvalue weighted by Gasteiger charge is -2.16. The maximum atomic E-state index is 12.3. The normalized spacial score (nSPS) is 15.5. The number of ether oxygens (including phenoxy) is 2. The van der Waals surface area contributed by atoms with Crippen LogP contribution in [-0.4, -0.2) is 43.5 Å². The van der Waals surface area contributed by atoms with E-state index in [1.807, 2.05) is 32.0 Å². The van der Waals surface area contributed by atoms with Crippen LogP contribution in [0.4, 0.5) is 11.4 Å². The second-order valence-electron chi connectivity index (χ2n) is 7.97. The number of carbonyl (C=O) groups excluding carboxylic acids is 4. The van der Waals surface area contributed by atoms with E-state index in [0.29, 0.717) is 17.9 Å². The van der Waals surface area contributed by atoms with Gasteiger partial charge in [-0.25, -0.2) is 4.79 Å². The molecule has 0 radical (unpaired) electrons. The molecule has 0 spiro atoms. The van der Waals surface area contributed by atoms with Gasteiger partial charge in [0.1, 0.15) is 0 Å². The molecule has 0 bridgehead atoms. The average molecular weight is 438 g/mol. The summed E-state index contributed by atoms with van der Waals surface area (Å²) in [5.74, 6) is -2.07. The molecule has 2 aromatic carbocycles. The third-order valence-electron chi connectivity index (χ3n) is 4.82. The van der Waals surface area contributed by atoms with Crippen molar-refractivity contribution in [1.29, 1.82) is 0 Å². The highest BCUT2D eigenvalue weighted by Gasteiger charge is 2.36. The number of anilines is 2. The molecule has 32 heavy (non-hydrogen) atoms. The van der Waals surface area contributed by atoms with Crippen molar-refractivity contribution < 1.29 is 28.7 Å². The lowest BCUT2D eigenvalue weighted by Crippen LogP contribution is -2.28. The van der Waals surface area contributed by atoms with Crippen molar-refractivity contribution in [1.82, 2.24) is 0 Å². The van der Waals surface area contributed by atoms with Crippen molar-refractivity contribution >= 4 is 35.1 Å². The number of benzene rings is 2. The molecule has 1 aliphatic rings. The fourth-order valence-electron chi connectivity index (χ4n) is 3.19. The van der Waals surface area contributed by atoms with Gasteiger partial charge >= 0.3 is 11.9 Å². The van der Waals surface area contributed by atoms with Crippen LogP contribution in [0.3, 0.4) is 0 Å². The lowest BCUT2D eigenvalue weighted by molar-refractivity contribution is -0.151. The summed E-state index contributed by atoms with van der Waals surface area (Å²) in [7, 11) is 0. The van der Waals surface area contributed by atoms with E-state index in [-0.39, 0.29) is 24.8 Å². The molecule has 0 aromatic heterocycles. The molecule has 1 atom stereocenters. The minimum absolute atomic E-state index is 0.0454. The van der Waals surface area contributed by atoms with Crippen LogP contribution in [0.15, 0.2) is 54.6 Å². The fourth-order valence-corrected chi connectivity index (χ4v) is 3.19. The molecule has 1 fully saturated rings. The van der Waals surface area contributed by atoms with Crippen LogP contribution in [0.2, 0.25) is 0 Å². The first-order valence-corrected chi connectivity index (χ1v) is 10.4. The van der Waals surface area contributed by atoms with Gasteiger partial charge in [0, 0.05) is 24.3 Å². The van der Waals surface area contributed by atoms with Crippen LogP contribution in [0.5, 0.6) is 0 Å². The molecule has 2 amide bonds. The quantitative estimate of drug-likeness (QED) is 0.636. The van der Waals surface area contributed by atoms with E-state index in [4.69, 9.17) is 9.47 Å². The van der Waals surface area contributed by atoms with Gasteiger partial charge in [0.05, 0.1) is 18.1 Å². The van der Waals surface area contributed by atoms with Crippen molar-refractivity contribution in [3.8, 4) is 0 Å². The maximum Gasteiger partial charge on any atom is 0.338 e. The zero-order valence-electron chi connectivity index (χ0n) is 18.1. The summed E-state index contributed by atoms with van der Waals surface area (Å²) in [5.41, 5.74) is 1.56. The van der Waals surface area contributed by atoms with Gasteiger partial charge in [-0.05, 0) is 42.3 Å². The van der Waals surface area contributed by atoms with Gasteiger partial charge in [0.15, 0.2) is 6.61 Å². The Morgan fingerprint density at radius 2 is 1.72 bits per heavy atom. The van der Waals surface area contributed by atoms with E-state index < -0.39 is 30.4 Å². The van der Waals surface area contributed by atoms with E-state index in [2.05, 4.69) is 5.32 Å². The largest absolute Gasteiger partial charge is 0.462 e. The Morgan fingerprint density at radius 3 is 2.38 bits per heavy atom.